The van der Waals surface area contributed by atoms with Gasteiger partial charge >= 0.3 is 5.97 Å². The van der Waals surface area contributed by atoms with Gasteiger partial charge in [-0.2, -0.15) is 0 Å². The molecule has 9 heteroatoms. The van der Waals surface area contributed by atoms with Gasteiger partial charge in [-0.1, -0.05) is 34.2 Å². The van der Waals surface area contributed by atoms with Crippen LogP contribution < -0.4 is 5.56 Å². The third-order valence-corrected chi connectivity index (χ3v) is 4.41. The van der Waals surface area contributed by atoms with Gasteiger partial charge in [0, 0.05) is 5.75 Å². The summed E-state index contributed by atoms with van der Waals surface area (Å²) in [6.07, 6.45) is 0. The van der Waals surface area contributed by atoms with E-state index in [-0.39, 0.29) is 12.1 Å². The van der Waals surface area contributed by atoms with Crippen molar-refractivity contribution in [2.24, 2.45) is 0 Å². The lowest BCUT2D eigenvalue weighted by atomic mass is 10.2. The lowest BCUT2D eigenvalue weighted by Crippen LogP contribution is -2.27. The first-order chi connectivity index (χ1) is 11.6. The first kappa shape index (κ1) is 16.2. The number of esters is 1. The monoisotopic (exact) mass is 346 g/mol. The summed E-state index contributed by atoms with van der Waals surface area (Å²) in [5.74, 6) is -0.100. The summed E-state index contributed by atoms with van der Waals surface area (Å²) in [5, 5.41) is 8.38. The van der Waals surface area contributed by atoms with Crippen LogP contribution in [0.1, 0.15) is 11.4 Å². The second-order valence-corrected chi connectivity index (χ2v) is 5.91. The normalized spacial score (nSPS) is 10.9. The van der Waals surface area contributed by atoms with Crippen molar-refractivity contribution in [2.75, 3.05) is 7.11 Å². The summed E-state index contributed by atoms with van der Waals surface area (Å²) in [7, 11) is 1.28. The van der Waals surface area contributed by atoms with Gasteiger partial charge in [0.2, 0.25) is 0 Å². The van der Waals surface area contributed by atoms with Crippen molar-refractivity contribution in [1.82, 2.24) is 19.9 Å². The number of carbonyl (C=O) groups is 1. The molecule has 0 N–H and O–H groups in total. The average molecular weight is 346 g/mol. The van der Waals surface area contributed by atoms with Gasteiger partial charge in [0.1, 0.15) is 17.9 Å². The maximum atomic E-state index is 12.7. The van der Waals surface area contributed by atoms with Gasteiger partial charge < -0.3 is 4.74 Å². The highest BCUT2D eigenvalue weighted by molar-refractivity contribution is 7.98. The molecular weight excluding hydrogens is 332 g/mol. The zero-order valence-corrected chi connectivity index (χ0v) is 13.9. The number of nitrogens with zero attached hydrogens (tertiary/aromatic N) is 4. The molecule has 8 nitrogen and oxygen atoms in total. The zero-order chi connectivity index (χ0) is 17.1. The third kappa shape index (κ3) is 3.16. The molecule has 24 heavy (non-hydrogen) atoms. The van der Waals surface area contributed by atoms with Gasteiger partial charge in [0.05, 0.1) is 18.0 Å². The second kappa shape index (κ2) is 6.83. The average Bonchev–Trinajstić information content (AvgIpc) is 3.00. The Morgan fingerprint density at radius 1 is 1.33 bits per heavy atom. The van der Waals surface area contributed by atoms with Gasteiger partial charge in [-0.05, 0) is 19.1 Å². The van der Waals surface area contributed by atoms with Gasteiger partial charge in [0.15, 0.2) is 5.16 Å². The van der Waals surface area contributed by atoms with Gasteiger partial charge in [0.25, 0.3) is 5.56 Å². The summed E-state index contributed by atoms with van der Waals surface area (Å²) in [4.78, 5) is 28.8. The van der Waals surface area contributed by atoms with Crippen molar-refractivity contribution >= 4 is 28.6 Å². The van der Waals surface area contributed by atoms with Crippen molar-refractivity contribution in [3.05, 3.63) is 46.0 Å². The molecular formula is C15H14N4O4S. The number of carbonyl (C=O) groups excluding carboxylic acids is 1. The molecule has 0 aliphatic carbocycles. The van der Waals surface area contributed by atoms with E-state index in [0.717, 1.165) is 0 Å². The Balaban J connectivity index is 2.03. The summed E-state index contributed by atoms with van der Waals surface area (Å²) in [5.41, 5.74) is 1.61. The quantitative estimate of drug-likeness (QED) is 0.390. The summed E-state index contributed by atoms with van der Waals surface area (Å²) in [6, 6.07) is 7.00. The minimum Gasteiger partial charge on any atom is -0.468 e. The molecule has 3 rings (SSSR count). The number of fused-ring (bicyclic) bond motifs is 1. The summed E-state index contributed by atoms with van der Waals surface area (Å²) >= 11 is 1.28. The minimum absolute atomic E-state index is 0.203. The Labute approximate surface area is 140 Å². The summed E-state index contributed by atoms with van der Waals surface area (Å²) < 4.78 is 10.6. The lowest BCUT2D eigenvalue weighted by Gasteiger charge is -2.11. The molecule has 0 amide bonds. The van der Waals surface area contributed by atoms with Gasteiger partial charge in [-0.15, -0.1) is 0 Å². The standard InChI is InChI=1S/C15H14N4O4S/c1-9-12(18-23-17-9)8-24-15-16-11-6-4-3-5-10(11)14(21)19(15)7-13(20)22-2/h3-6H,7-8H2,1-2H3. The Kier molecular flexibility index (Phi) is 4.61. The Bertz CT molecular complexity index is 950. The fourth-order valence-electron chi connectivity index (χ4n) is 2.10. The van der Waals surface area contributed by atoms with Crippen molar-refractivity contribution in [2.45, 2.75) is 24.4 Å². The number of ether oxygens (including phenoxy) is 1. The number of benzene rings is 1. The number of thioether (sulfide) groups is 1. The van der Waals surface area contributed by atoms with Crippen LogP contribution in [0.15, 0.2) is 38.8 Å². The van der Waals surface area contributed by atoms with Crippen molar-refractivity contribution in [3.8, 4) is 0 Å². The topological polar surface area (TPSA) is 100 Å². The van der Waals surface area contributed by atoms with Gasteiger partial charge in [-0.3, -0.25) is 14.2 Å². The molecule has 0 radical (unpaired) electrons. The van der Waals surface area contributed by atoms with Crippen molar-refractivity contribution < 1.29 is 14.2 Å². The zero-order valence-electron chi connectivity index (χ0n) is 13.1. The predicted octanol–water partition coefficient (Wildman–Crippen LogP) is 1.55. The second-order valence-electron chi connectivity index (χ2n) is 4.96. The third-order valence-electron chi connectivity index (χ3n) is 3.43. The van der Waals surface area contributed by atoms with Crippen LogP contribution in [-0.2, 0) is 21.8 Å². The lowest BCUT2D eigenvalue weighted by molar-refractivity contribution is -0.141. The van der Waals surface area contributed by atoms with E-state index in [2.05, 4.69) is 24.7 Å². The molecule has 0 unspecified atom stereocenters. The van der Waals surface area contributed by atoms with Crippen molar-refractivity contribution in [1.29, 1.82) is 0 Å². The molecule has 0 saturated carbocycles. The first-order valence-electron chi connectivity index (χ1n) is 7.07. The highest BCUT2D eigenvalue weighted by atomic mass is 32.2. The van der Waals surface area contributed by atoms with Crippen LogP contribution in [0.4, 0.5) is 0 Å². The molecule has 0 aliphatic heterocycles. The van der Waals surface area contributed by atoms with E-state index in [9.17, 15) is 9.59 Å². The van der Waals surface area contributed by atoms with Crippen LogP contribution in [0.2, 0.25) is 0 Å². The molecule has 3 aromatic rings. The molecule has 0 bridgehead atoms. The smallest absolute Gasteiger partial charge is 0.325 e. The van der Waals surface area contributed by atoms with E-state index in [1.54, 1.807) is 31.2 Å². The van der Waals surface area contributed by atoms with Crippen LogP contribution in [0.3, 0.4) is 0 Å². The molecule has 0 aliphatic rings. The first-order valence-corrected chi connectivity index (χ1v) is 8.06. The molecule has 2 aromatic heterocycles. The van der Waals surface area contributed by atoms with Crippen LogP contribution in [0, 0.1) is 6.92 Å². The Morgan fingerprint density at radius 2 is 2.12 bits per heavy atom. The fraction of sp³-hybridized carbons (Fsp3) is 0.267. The summed E-state index contributed by atoms with van der Waals surface area (Å²) in [6.45, 7) is 1.58. The Hall–Kier alpha value is -2.68. The number of methoxy groups -OCH3 is 1. The molecule has 124 valence electrons. The van der Waals surface area contributed by atoms with E-state index >= 15 is 0 Å². The van der Waals surface area contributed by atoms with Crippen LogP contribution in [0.5, 0.6) is 0 Å². The maximum Gasteiger partial charge on any atom is 0.325 e. The van der Waals surface area contributed by atoms with Crippen LogP contribution in [-0.4, -0.2) is 32.9 Å². The van der Waals surface area contributed by atoms with Crippen LogP contribution in [0.25, 0.3) is 10.9 Å². The molecule has 0 atom stereocenters. The van der Waals surface area contributed by atoms with E-state index in [4.69, 9.17) is 0 Å². The number of para-hydroxylation sites is 1. The molecule has 1 aromatic carbocycles. The highest BCUT2D eigenvalue weighted by Gasteiger charge is 2.16. The minimum atomic E-state index is -0.518. The predicted molar refractivity (Wildman–Crippen MR) is 86.6 cm³/mol. The number of aryl methyl sites for hydroxylation is 1. The van der Waals surface area contributed by atoms with Gasteiger partial charge in [-0.25, -0.2) is 9.61 Å². The van der Waals surface area contributed by atoms with E-state index in [1.165, 1.54) is 23.4 Å². The fourth-order valence-corrected chi connectivity index (χ4v) is 3.10. The number of aromatic nitrogens is 4. The number of hydrogen-bond donors (Lipinski definition) is 0. The highest BCUT2D eigenvalue weighted by Crippen LogP contribution is 2.22. The number of hydrogen-bond acceptors (Lipinski definition) is 8. The molecule has 2 heterocycles. The largest absolute Gasteiger partial charge is 0.468 e. The molecule has 0 saturated heterocycles. The van der Waals surface area contributed by atoms with Crippen LogP contribution >= 0.6 is 11.8 Å². The number of rotatable bonds is 5. The van der Waals surface area contributed by atoms with E-state index in [1.807, 2.05) is 0 Å². The van der Waals surface area contributed by atoms with E-state index in [0.29, 0.717) is 33.2 Å². The Morgan fingerprint density at radius 3 is 2.83 bits per heavy atom. The SMILES string of the molecule is COC(=O)Cn1c(SCc2nonc2C)nc2ccccc2c1=O. The van der Waals surface area contributed by atoms with E-state index < -0.39 is 5.97 Å². The van der Waals surface area contributed by atoms with Crippen molar-refractivity contribution in [3.63, 3.8) is 0 Å². The molecule has 0 spiro atoms. The molecule has 0 fully saturated rings. The maximum absolute atomic E-state index is 12.7.